The van der Waals surface area contributed by atoms with Gasteiger partial charge in [-0.05, 0) is 20.8 Å². The minimum atomic E-state index is -1.27. The number of hydrogen-bond acceptors (Lipinski definition) is 6. The summed E-state index contributed by atoms with van der Waals surface area (Å²) in [5, 5.41) is 3.92. The summed E-state index contributed by atoms with van der Waals surface area (Å²) in [6, 6.07) is 1.83. The van der Waals surface area contributed by atoms with Crippen molar-refractivity contribution in [3.63, 3.8) is 0 Å². The highest BCUT2D eigenvalue weighted by atomic mass is 32.2. The van der Waals surface area contributed by atoms with Gasteiger partial charge in [0.05, 0.1) is 19.8 Å². The van der Waals surface area contributed by atoms with Crippen LogP contribution in [-0.2, 0) is 22.6 Å². The summed E-state index contributed by atoms with van der Waals surface area (Å²) in [5.74, 6) is 0.787. The Hall–Kier alpha value is -0.890. The van der Waals surface area contributed by atoms with E-state index < -0.39 is 11.4 Å². The van der Waals surface area contributed by atoms with E-state index in [4.69, 9.17) is 9.26 Å². The van der Waals surface area contributed by atoms with E-state index in [2.05, 4.69) is 14.5 Å². The molecule has 6 nitrogen and oxygen atoms in total. The second-order valence-electron chi connectivity index (χ2n) is 5.70. The number of aromatic nitrogens is 1. The van der Waals surface area contributed by atoms with Crippen LogP contribution in [0.25, 0.3) is 0 Å². The monoisotopic (exact) mass is 299 g/mol. The highest BCUT2D eigenvalue weighted by Gasteiger charge is 2.26. The molecule has 1 unspecified atom stereocenters. The number of rotatable bonds is 4. The van der Waals surface area contributed by atoms with Crippen molar-refractivity contribution in [1.82, 2.24) is 10.1 Å². The molecule has 1 atom stereocenters. The Kier molecular flexibility index (Phi) is 5.20. The molecular weight excluding hydrogens is 278 g/mol. The lowest BCUT2D eigenvalue weighted by Gasteiger charge is -2.25. The summed E-state index contributed by atoms with van der Waals surface area (Å²) >= 11 is -1.27. The van der Waals surface area contributed by atoms with Crippen molar-refractivity contribution in [2.24, 2.45) is 4.40 Å². The molecule has 20 heavy (non-hydrogen) atoms. The number of morpholine rings is 1. The lowest BCUT2D eigenvalue weighted by molar-refractivity contribution is 0.0305. The van der Waals surface area contributed by atoms with Gasteiger partial charge >= 0.3 is 0 Å². The molecule has 0 aromatic carbocycles. The van der Waals surface area contributed by atoms with Crippen molar-refractivity contribution in [3.05, 3.63) is 17.5 Å². The quantitative estimate of drug-likeness (QED) is 0.620. The Bertz CT molecular complexity index is 450. The zero-order valence-corrected chi connectivity index (χ0v) is 13.0. The van der Waals surface area contributed by atoms with Crippen LogP contribution in [0.1, 0.15) is 32.2 Å². The summed E-state index contributed by atoms with van der Waals surface area (Å²) in [7, 11) is 0. The van der Waals surface area contributed by atoms with Crippen LogP contribution in [0, 0.1) is 0 Å². The van der Waals surface area contributed by atoms with Crippen LogP contribution >= 0.6 is 0 Å². The third-order valence-corrected chi connectivity index (χ3v) is 4.21. The normalized spacial score (nSPS) is 19.6. The van der Waals surface area contributed by atoms with E-state index >= 15 is 0 Å². The molecule has 1 aromatic heterocycles. The molecule has 0 saturated carbocycles. The van der Waals surface area contributed by atoms with E-state index in [0.717, 1.165) is 32.1 Å². The van der Waals surface area contributed by atoms with E-state index in [1.54, 1.807) is 0 Å². The second kappa shape index (κ2) is 6.71. The van der Waals surface area contributed by atoms with Gasteiger partial charge in [0, 0.05) is 19.2 Å². The van der Waals surface area contributed by atoms with Crippen molar-refractivity contribution in [2.45, 2.75) is 32.1 Å². The SMILES string of the molecule is CC(C)(C)[S+]([O-])N=Cc1cc(CN2CCOCC2)on1. The summed E-state index contributed by atoms with van der Waals surface area (Å²) in [6.45, 7) is 9.68. The van der Waals surface area contributed by atoms with Gasteiger partial charge in [0.15, 0.2) is 5.76 Å². The van der Waals surface area contributed by atoms with Crippen molar-refractivity contribution in [1.29, 1.82) is 0 Å². The van der Waals surface area contributed by atoms with Crippen LogP contribution in [0.3, 0.4) is 0 Å². The fourth-order valence-electron chi connectivity index (χ4n) is 1.70. The summed E-state index contributed by atoms with van der Waals surface area (Å²) in [4.78, 5) is 2.25. The molecule has 112 valence electrons. The van der Waals surface area contributed by atoms with Crippen LogP contribution in [-0.4, -0.2) is 51.9 Å². The van der Waals surface area contributed by atoms with Gasteiger partial charge < -0.3 is 13.8 Å². The standard InChI is InChI=1S/C13H21N3O3S/c1-13(2,3)20(17)14-9-11-8-12(19-15-11)10-16-4-6-18-7-5-16/h8-9H,4-7,10H2,1-3H3. The maximum absolute atomic E-state index is 11.8. The Morgan fingerprint density at radius 2 is 2.15 bits per heavy atom. The lowest BCUT2D eigenvalue weighted by Crippen LogP contribution is -2.35. The zero-order chi connectivity index (χ0) is 14.6. The van der Waals surface area contributed by atoms with Gasteiger partial charge in [-0.25, -0.2) is 0 Å². The topological polar surface area (TPSA) is 73.9 Å². The van der Waals surface area contributed by atoms with Crippen LogP contribution in [0.5, 0.6) is 0 Å². The smallest absolute Gasteiger partial charge is 0.151 e. The molecule has 1 aliphatic rings. The Labute approximate surface area is 122 Å². The highest BCUT2D eigenvalue weighted by Crippen LogP contribution is 2.17. The molecule has 0 amide bonds. The van der Waals surface area contributed by atoms with Crippen molar-refractivity contribution in [3.8, 4) is 0 Å². The molecule has 1 aliphatic heterocycles. The maximum Gasteiger partial charge on any atom is 0.151 e. The second-order valence-corrected chi connectivity index (χ2v) is 7.64. The largest absolute Gasteiger partial charge is 0.591 e. The first-order chi connectivity index (χ1) is 9.45. The number of hydrogen-bond donors (Lipinski definition) is 0. The van der Waals surface area contributed by atoms with E-state index in [0.29, 0.717) is 12.2 Å². The molecule has 1 aromatic rings. The van der Waals surface area contributed by atoms with E-state index in [1.807, 2.05) is 26.8 Å². The maximum atomic E-state index is 11.8. The minimum absolute atomic E-state index is 0.364. The Balaban J connectivity index is 1.90. The lowest BCUT2D eigenvalue weighted by atomic mass is 10.3. The van der Waals surface area contributed by atoms with E-state index in [9.17, 15) is 4.55 Å². The van der Waals surface area contributed by atoms with Gasteiger partial charge in [-0.15, -0.1) is 0 Å². The van der Waals surface area contributed by atoms with Crippen molar-refractivity contribution in [2.75, 3.05) is 26.3 Å². The van der Waals surface area contributed by atoms with Gasteiger partial charge in [-0.2, -0.15) is 0 Å². The average molecular weight is 299 g/mol. The predicted octanol–water partition coefficient (Wildman–Crippen LogP) is 1.39. The summed E-state index contributed by atoms with van der Waals surface area (Å²) in [5.41, 5.74) is 0.603. The molecule has 0 radical (unpaired) electrons. The molecule has 2 rings (SSSR count). The fraction of sp³-hybridized carbons (Fsp3) is 0.692. The third kappa shape index (κ3) is 4.59. The van der Waals surface area contributed by atoms with Gasteiger partial charge in [-0.1, -0.05) is 9.55 Å². The molecular formula is C13H21N3O3S. The molecule has 0 aliphatic carbocycles. The molecule has 0 N–H and O–H groups in total. The number of nitrogens with zero attached hydrogens (tertiary/aromatic N) is 3. The van der Waals surface area contributed by atoms with Crippen LogP contribution in [0.4, 0.5) is 0 Å². The highest BCUT2D eigenvalue weighted by molar-refractivity contribution is 7.91. The summed E-state index contributed by atoms with van der Waals surface area (Å²) in [6.07, 6.45) is 1.51. The molecule has 2 heterocycles. The predicted molar refractivity (Wildman–Crippen MR) is 78.1 cm³/mol. The molecule has 0 spiro atoms. The minimum Gasteiger partial charge on any atom is -0.591 e. The van der Waals surface area contributed by atoms with Gasteiger partial charge in [0.1, 0.15) is 28.0 Å². The first-order valence-electron chi connectivity index (χ1n) is 6.67. The Morgan fingerprint density at radius 3 is 2.80 bits per heavy atom. The van der Waals surface area contributed by atoms with E-state index in [1.165, 1.54) is 6.21 Å². The average Bonchev–Trinajstić information content (AvgIpc) is 2.83. The molecule has 7 heteroatoms. The fourth-order valence-corrected chi connectivity index (χ4v) is 2.22. The van der Waals surface area contributed by atoms with Gasteiger partial charge in [-0.3, -0.25) is 4.90 Å². The Morgan fingerprint density at radius 1 is 1.45 bits per heavy atom. The van der Waals surface area contributed by atoms with Crippen molar-refractivity contribution >= 4 is 17.6 Å². The van der Waals surface area contributed by atoms with Gasteiger partial charge in [0.25, 0.3) is 0 Å². The molecule has 1 fully saturated rings. The molecule has 1 saturated heterocycles. The van der Waals surface area contributed by atoms with Crippen LogP contribution in [0.15, 0.2) is 15.0 Å². The van der Waals surface area contributed by atoms with E-state index in [-0.39, 0.29) is 4.75 Å². The van der Waals surface area contributed by atoms with Crippen LogP contribution in [0.2, 0.25) is 0 Å². The third-order valence-electron chi connectivity index (χ3n) is 2.86. The summed E-state index contributed by atoms with van der Waals surface area (Å²) < 4.78 is 26.0. The number of ether oxygens (including phenoxy) is 1. The van der Waals surface area contributed by atoms with Gasteiger partial charge in [0.2, 0.25) is 0 Å². The molecule has 0 bridgehead atoms. The van der Waals surface area contributed by atoms with Crippen molar-refractivity contribution < 1.29 is 13.8 Å². The first kappa shape index (κ1) is 15.5. The zero-order valence-electron chi connectivity index (χ0n) is 12.2. The first-order valence-corrected chi connectivity index (χ1v) is 7.77. The van der Waals surface area contributed by atoms with Crippen LogP contribution < -0.4 is 0 Å².